The number of aliphatic hydroxyl groups excluding tert-OH is 2. The fraction of sp³-hybridized carbons (Fsp3) is 0.474. The van der Waals surface area contributed by atoms with Gasteiger partial charge in [-0.05, 0) is 18.9 Å². The number of imidazole rings is 1. The van der Waals surface area contributed by atoms with Crippen molar-refractivity contribution >= 4 is 30.9 Å². The van der Waals surface area contributed by atoms with Gasteiger partial charge in [-0.2, -0.15) is 10.0 Å². The first kappa shape index (κ1) is 30.2. The maximum absolute atomic E-state index is 11.7. The molecule has 19 nitrogen and oxygen atoms in total. The average Bonchev–Trinajstić information content (AvgIpc) is 3.63. The lowest BCUT2D eigenvalue weighted by Gasteiger charge is -2.16. The van der Waals surface area contributed by atoms with Crippen molar-refractivity contribution in [1.29, 1.82) is 0 Å². The zero-order valence-corrected chi connectivity index (χ0v) is 20.8. The van der Waals surface area contributed by atoms with Gasteiger partial charge in [-0.1, -0.05) is 0 Å². The van der Waals surface area contributed by atoms with Crippen LogP contribution in [0.15, 0.2) is 33.9 Å². The van der Waals surface area contributed by atoms with Crippen molar-refractivity contribution < 1.29 is 58.5 Å². The van der Waals surface area contributed by atoms with Crippen molar-refractivity contribution in [2.45, 2.75) is 43.4 Å². The number of fused-ring (bicyclic) bond motifs is 1. The van der Waals surface area contributed by atoms with Gasteiger partial charge >= 0.3 is 13.8 Å². The van der Waals surface area contributed by atoms with Crippen LogP contribution < -0.4 is 11.3 Å². The topological polar surface area (TPSA) is 300 Å². The first-order chi connectivity index (χ1) is 18.3. The number of nitrogens with one attached hydrogen (secondary N) is 1. The minimum Gasteiger partial charge on any atom is -0.481 e. The van der Waals surface area contributed by atoms with Crippen LogP contribution in [0.3, 0.4) is 0 Å². The van der Waals surface area contributed by atoms with Crippen molar-refractivity contribution in [3.05, 3.63) is 35.1 Å². The molecule has 5 rings (SSSR count). The summed E-state index contributed by atoms with van der Waals surface area (Å²) >= 11 is 0. The van der Waals surface area contributed by atoms with Gasteiger partial charge in [0.05, 0.1) is 19.2 Å². The van der Waals surface area contributed by atoms with Crippen LogP contribution in [0.1, 0.15) is 19.1 Å². The number of nitrogens with zero attached hydrogens (tertiary/aromatic N) is 4. The fourth-order valence-electron chi connectivity index (χ4n) is 3.67. The lowest BCUT2D eigenvalue weighted by Crippen LogP contribution is -2.33. The van der Waals surface area contributed by atoms with Crippen LogP contribution in [0.5, 0.6) is 5.95 Å². The largest absolute Gasteiger partial charge is 0.481 e. The molecular weight excluding hydrogens is 551 g/mol. The summed E-state index contributed by atoms with van der Waals surface area (Å²) in [6, 6.07) is 2.43. The molecule has 0 spiro atoms. The van der Waals surface area contributed by atoms with E-state index in [0.717, 1.165) is 11.5 Å². The number of aliphatic carboxylic acids is 1. The monoisotopic (exact) mass is 578 g/mol. The van der Waals surface area contributed by atoms with Crippen LogP contribution in [0.4, 0.5) is 5.95 Å². The number of phosphoric acid groups is 1. The molecule has 10 N–H and O–H groups in total. The second-order valence-electron chi connectivity index (χ2n) is 8.22. The molecule has 2 aliphatic heterocycles. The summed E-state index contributed by atoms with van der Waals surface area (Å²) in [4.78, 5) is 49.3. The molecule has 3 aromatic rings. The number of carboxylic acid groups (broad SMARTS) is 1. The van der Waals surface area contributed by atoms with Gasteiger partial charge in [0.2, 0.25) is 5.95 Å². The highest BCUT2D eigenvalue weighted by molar-refractivity contribution is 7.46. The molecule has 2 aliphatic rings. The Morgan fingerprint density at radius 1 is 1.31 bits per heavy atom. The van der Waals surface area contributed by atoms with E-state index in [1.54, 1.807) is 6.07 Å². The third kappa shape index (κ3) is 7.82. The summed E-state index contributed by atoms with van der Waals surface area (Å²) in [5.74, 6) is -1.14. The molecular formula is C19H27N6O13P. The van der Waals surface area contributed by atoms with E-state index in [-0.39, 0.29) is 23.1 Å². The van der Waals surface area contributed by atoms with E-state index in [1.807, 2.05) is 0 Å². The lowest BCUT2D eigenvalue weighted by molar-refractivity contribution is -0.160. The Hall–Kier alpha value is -3.39. The quantitative estimate of drug-likeness (QED) is 0.153. The molecule has 2 fully saturated rings. The van der Waals surface area contributed by atoms with Gasteiger partial charge in [-0.15, -0.1) is 0 Å². The Morgan fingerprint density at radius 3 is 2.51 bits per heavy atom. The summed E-state index contributed by atoms with van der Waals surface area (Å²) < 4.78 is 26.0. The van der Waals surface area contributed by atoms with E-state index in [2.05, 4.69) is 23.9 Å². The minimum absolute atomic E-state index is 0.0176. The first-order valence-electron chi connectivity index (χ1n) is 11.1. The van der Waals surface area contributed by atoms with E-state index in [9.17, 15) is 24.4 Å². The number of carboxylic acids is 1. The molecule has 5 atom stereocenters. The number of ether oxygens (including phenoxy) is 1. The number of aliphatic hydroxyl groups is 2. The predicted octanol–water partition coefficient (Wildman–Crippen LogP) is -1.66. The van der Waals surface area contributed by atoms with E-state index in [4.69, 9.17) is 35.7 Å². The van der Waals surface area contributed by atoms with Crippen LogP contribution in [0, 0.1) is 0 Å². The van der Waals surface area contributed by atoms with Gasteiger partial charge in [0.1, 0.15) is 24.4 Å². The number of hydrogen-bond acceptors (Lipinski definition) is 14. The van der Waals surface area contributed by atoms with Gasteiger partial charge < -0.3 is 50.3 Å². The second kappa shape index (κ2) is 12.6. The number of H-pyrrole nitrogens is 1. The van der Waals surface area contributed by atoms with Gasteiger partial charge in [-0.25, -0.2) is 9.55 Å². The van der Waals surface area contributed by atoms with Crippen LogP contribution in [0.2, 0.25) is 0 Å². The van der Waals surface area contributed by atoms with Crippen LogP contribution in [0.25, 0.3) is 11.2 Å². The van der Waals surface area contributed by atoms with E-state index in [1.165, 1.54) is 23.2 Å². The van der Waals surface area contributed by atoms with E-state index >= 15 is 0 Å². The Morgan fingerprint density at radius 2 is 2.03 bits per heavy atom. The molecule has 216 valence electrons. The number of nitrogen functional groups attached to an aromatic ring is 1. The number of rotatable bonds is 5. The molecule has 39 heavy (non-hydrogen) atoms. The number of hydroxylamine groups is 2. The van der Waals surface area contributed by atoms with Gasteiger partial charge in [0.25, 0.3) is 11.5 Å². The summed E-state index contributed by atoms with van der Waals surface area (Å²) in [5, 5.41) is 46.4. The highest BCUT2D eigenvalue weighted by Gasteiger charge is 2.45. The minimum atomic E-state index is -4.76. The summed E-state index contributed by atoms with van der Waals surface area (Å²) in [6.07, 6.45) is -1.47. The number of anilines is 1. The van der Waals surface area contributed by atoms with Crippen molar-refractivity contribution in [3.8, 4) is 5.95 Å². The third-order valence-corrected chi connectivity index (χ3v) is 5.97. The molecule has 0 aliphatic carbocycles. The Balaban J connectivity index is 0.000000227. The molecule has 0 bridgehead atoms. The number of furan rings is 1. The highest BCUT2D eigenvalue weighted by atomic mass is 31.2. The molecule has 20 heteroatoms. The number of aromatic nitrogens is 4. The van der Waals surface area contributed by atoms with Crippen molar-refractivity contribution in [3.63, 3.8) is 0 Å². The smallest absolute Gasteiger partial charge is 0.469 e. The zero-order chi connectivity index (χ0) is 28.9. The van der Waals surface area contributed by atoms with Crippen molar-refractivity contribution in [2.24, 2.45) is 0 Å². The lowest BCUT2D eigenvalue weighted by atomic mass is 10.1. The van der Waals surface area contributed by atoms with Gasteiger partial charge in [-0.3, -0.25) is 23.7 Å². The van der Waals surface area contributed by atoms with Gasteiger partial charge in [0, 0.05) is 12.6 Å². The van der Waals surface area contributed by atoms with Crippen molar-refractivity contribution in [1.82, 2.24) is 24.6 Å². The summed E-state index contributed by atoms with van der Waals surface area (Å²) in [5.41, 5.74) is 4.84. The molecule has 0 aromatic carbocycles. The Labute approximate surface area is 217 Å². The molecule has 0 saturated carbocycles. The molecule has 0 radical (unpaired) electrons. The maximum Gasteiger partial charge on any atom is 0.469 e. The normalized spacial score (nSPS) is 25.1. The SMILES string of the molecule is Nc1nc2c(ncn2[C@@H]2O[C@H](COP(=O)(O)O)[C@@H](O)[C@H]2O)c(=O)[nH]1.O=C(O)C1CCCN1O.Oc1ccco1. The summed E-state index contributed by atoms with van der Waals surface area (Å²) in [7, 11) is -4.76. The third-order valence-electron chi connectivity index (χ3n) is 5.48. The second-order valence-corrected chi connectivity index (χ2v) is 9.46. The fourth-order valence-corrected chi connectivity index (χ4v) is 4.01. The number of aromatic amines is 1. The molecule has 1 unspecified atom stereocenters. The Kier molecular flexibility index (Phi) is 9.78. The number of hydrogen-bond donors (Lipinski definition) is 9. The van der Waals surface area contributed by atoms with Crippen LogP contribution in [-0.2, 0) is 18.6 Å². The van der Waals surface area contributed by atoms with Crippen molar-refractivity contribution in [2.75, 3.05) is 18.9 Å². The van der Waals surface area contributed by atoms with E-state index < -0.39 is 56.5 Å². The number of nitrogens with two attached hydrogens (primary N) is 1. The van der Waals surface area contributed by atoms with Crippen LogP contribution >= 0.6 is 7.82 Å². The number of aromatic hydroxyl groups is 1. The standard InChI is InChI=1S/C10H14N5O8P.C5H9NO3.C4H4O2/c11-10-13-7-4(8(18)14-10)12-2-15(7)9-6(17)5(16)3(23-9)1-22-24(19,20)21;7-5(8)4-2-1-3-6(4)9;5-4-2-1-3-6-4/h2-3,5-6,9,16-17H,1H2,(H2,19,20,21)(H3,11,13,14,18);4,9H,1-3H2,(H,7,8);1-3,5H/t3-,5-,6-,9-;;/m1../s1. The maximum atomic E-state index is 11.7. The predicted molar refractivity (Wildman–Crippen MR) is 126 cm³/mol. The average molecular weight is 578 g/mol. The Bertz CT molecular complexity index is 1340. The number of phosphoric ester groups is 1. The van der Waals surface area contributed by atoms with Crippen LogP contribution in [-0.4, -0.2) is 103 Å². The van der Waals surface area contributed by atoms with Gasteiger partial charge in [0.15, 0.2) is 17.4 Å². The molecule has 2 saturated heterocycles. The summed E-state index contributed by atoms with van der Waals surface area (Å²) in [6.45, 7) is -0.168. The molecule has 3 aromatic heterocycles. The molecule has 5 heterocycles. The number of carbonyl (C=O) groups is 1. The van der Waals surface area contributed by atoms with E-state index in [0.29, 0.717) is 13.0 Å². The molecule has 0 amide bonds. The zero-order valence-electron chi connectivity index (χ0n) is 19.9. The first-order valence-corrected chi connectivity index (χ1v) is 12.7. The highest BCUT2D eigenvalue weighted by Crippen LogP contribution is 2.38.